The molecule has 2 N–H and O–H groups in total. The van der Waals surface area contributed by atoms with E-state index >= 15 is 0 Å². The summed E-state index contributed by atoms with van der Waals surface area (Å²) in [6.07, 6.45) is 1.44. The summed E-state index contributed by atoms with van der Waals surface area (Å²) in [5.41, 5.74) is 4.95. The van der Waals surface area contributed by atoms with E-state index in [2.05, 4.69) is 15.8 Å². The lowest BCUT2D eigenvalue weighted by Crippen LogP contribution is -2.34. The minimum absolute atomic E-state index is 0.204. The van der Waals surface area contributed by atoms with Gasteiger partial charge in [0.25, 0.3) is 11.8 Å². The van der Waals surface area contributed by atoms with E-state index < -0.39 is 11.9 Å². The number of hydrogen-bond acceptors (Lipinski definition) is 6. The van der Waals surface area contributed by atoms with Gasteiger partial charge in [-0.25, -0.2) is 10.2 Å². The minimum atomic E-state index is -0.487. The van der Waals surface area contributed by atoms with Crippen molar-refractivity contribution in [3.63, 3.8) is 0 Å². The Bertz CT molecular complexity index is 1140. The van der Waals surface area contributed by atoms with Gasteiger partial charge >= 0.3 is 5.97 Å². The number of nitrogens with zero attached hydrogens (tertiary/aromatic N) is 1. The maximum absolute atomic E-state index is 12.2. The van der Waals surface area contributed by atoms with Crippen LogP contribution in [0.15, 0.2) is 77.9 Å². The Morgan fingerprint density at radius 3 is 2.09 bits per heavy atom. The molecule has 8 nitrogen and oxygen atoms in total. The Labute approximate surface area is 191 Å². The predicted octanol–water partition coefficient (Wildman–Crippen LogP) is 3.10. The van der Waals surface area contributed by atoms with Crippen molar-refractivity contribution in [1.82, 2.24) is 10.7 Å². The van der Waals surface area contributed by atoms with E-state index in [0.717, 1.165) is 5.56 Å². The first kappa shape index (κ1) is 23.2. The van der Waals surface area contributed by atoms with Crippen LogP contribution in [0.3, 0.4) is 0 Å². The van der Waals surface area contributed by atoms with Crippen LogP contribution in [0.25, 0.3) is 0 Å². The second-order valence-electron chi connectivity index (χ2n) is 7.03. The number of ether oxygens (including phenoxy) is 2. The largest absolute Gasteiger partial charge is 0.497 e. The molecule has 8 heteroatoms. The standard InChI is InChI=1S/C25H23N3O5/c1-17-3-7-19(8-4-17)24(30)26-16-23(29)28-27-15-18-5-11-22(12-6-18)33-25(31)20-9-13-21(32-2)14-10-20/h3-15H,16H2,1-2H3,(H,26,30)(H,28,29)/b27-15-. The van der Waals surface area contributed by atoms with Crippen molar-refractivity contribution >= 4 is 24.0 Å². The van der Waals surface area contributed by atoms with Crippen LogP contribution in [0, 0.1) is 6.92 Å². The highest BCUT2D eigenvalue weighted by Gasteiger charge is 2.09. The Morgan fingerprint density at radius 1 is 0.848 bits per heavy atom. The van der Waals surface area contributed by atoms with Crippen molar-refractivity contribution < 1.29 is 23.9 Å². The lowest BCUT2D eigenvalue weighted by Gasteiger charge is -2.06. The summed E-state index contributed by atoms with van der Waals surface area (Å²) in [4.78, 5) is 36.1. The number of esters is 1. The molecule has 0 heterocycles. The molecule has 168 valence electrons. The van der Waals surface area contributed by atoms with E-state index in [0.29, 0.717) is 28.2 Å². The van der Waals surface area contributed by atoms with Crippen molar-refractivity contribution in [2.75, 3.05) is 13.7 Å². The summed E-state index contributed by atoms with van der Waals surface area (Å²) in [5, 5.41) is 6.39. The molecule has 0 aliphatic heterocycles. The van der Waals surface area contributed by atoms with Gasteiger partial charge in [0.15, 0.2) is 0 Å². The smallest absolute Gasteiger partial charge is 0.343 e. The van der Waals surface area contributed by atoms with Crippen LogP contribution in [0.5, 0.6) is 11.5 Å². The number of aryl methyl sites for hydroxylation is 1. The predicted molar refractivity (Wildman–Crippen MR) is 124 cm³/mol. The summed E-state index contributed by atoms with van der Waals surface area (Å²) in [6, 6.07) is 20.2. The maximum Gasteiger partial charge on any atom is 0.343 e. The number of hydrazone groups is 1. The lowest BCUT2D eigenvalue weighted by molar-refractivity contribution is -0.120. The van der Waals surface area contributed by atoms with Crippen LogP contribution >= 0.6 is 0 Å². The van der Waals surface area contributed by atoms with Gasteiger partial charge in [0.05, 0.1) is 25.4 Å². The summed E-state index contributed by atoms with van der Waals surface area (Å²) < 4.78 is 10.4. The van der Waals surface area contributed by atoms with Crippen molar-refractivity contribution in [1.29, 1.82) is 0 Å². The quantitative estimate of drug-likeness (QED) is 0.240. The number of carbonyl (C=O) groups is 3. The van der Waals surface area contributed by atoms with Crippen LogP contribution in [0.2, 0.25) is 0 Å². The highest BCUT2D eigenvalue weighted by Crippen LogP contribution is 2.16. The number of benzene rings is 3. The molecular weight excluding hydrogens is 422 g/mol. The number of nitrogens with one attached hydrogen (secondary N) is 2. The van der Waals surface area contributed by atoms with Gasteiger partial charge in [-0.3, -0.25) is 9.59 Å². The van der Waals surface area contributed by atoms with E-state index in [-0.39, 0.29) is 12.5 Å². The summed E-state index contributed by atoms with van der Waals surface area (Å²) >= 11 is 0. The van der Waals surface area contributed by atoms with Gasteiger partial charge in [-0.15, -0.1) is 0 Å². The Kier molecular flexibility index (Phi) is 7.91. The van der Waals surface area contributed by atoms with Crippen LogP contribution in [-0.4, -0.2) is 37.7 Å². The molecule has 0 radical (unpaired) electrons. The third kappa shape index (κ3) is 7.03. The molecule has 0 saturated carbocycles. The van der Waals surface area contributed by atoms with Crippen molar-refractivity contribution in [2.45, 2.75) is 6.92 Å². The van der Waals surface area contributed by atoms with Gasteiger partial charge in [-0.1, -0.05) is 17.7 Å². The number of methoxy groups -OCH3 is 1. The van der Waals surface area contributed by atoms with Gasteiger partial charge in [0, 0.05) is 5.56 Å². The van der Waals surface area contributed by atoms with E-state index in [4.69, 9.17) is 9.47 Å². The molecule has 3 aromatic carbocycles. The van der Waals surface area contributed by atoms with Crippen molar-refractivity contribution in [3.05, 3.63) is 95.1 Å². The third-order valence-electron chi connectivity index (χ3n) is 4.54. The monoisotopic (exact) mass is 445 g/mol. The topological polar surface area (TPSA) is 106 Å². The Morgan fingerprint density at radius 2 is 1.45 bits per heavy atom. The van der Waals surface area contributed by atoms with Crippen LogP contribution in [0.4, 0.5) is 0 Å². The van der Waals surface area contributed by atoms with E-state index in [1.807, 2.05) is 19.1 Å². The second kappa shape index (κ2) is 11.2. The SMILES string of the molecule is COc1ccc(C(=O)Oc2ccc(/C=N\NC(=O)CNC(=O)c3ccc(C)cc3)cc2)cc1. The van der Waals surface area contributed by atoms with E-state index in [1.165, 1.54) is 6.21 Å². The first-order valence-electron chi connectivity index (χ1n) is 10.1. The zero-order chi connectivity index (χ0) is 23.6. The van der Waals surface area contributed by atoms with E-state index in [1.54, 1.807) is 67.8 Å². The molecule has 0 spiro atoms. The first-order chi connectivity index (χ1) is 15.9. The highest BCUT2D eigenvalue weighted by molar-refractivity contribution is 5.96. The molecular formula is C25H23N3O5. The third-order valence-corrected chi connectivity index (χ3v) is 4.54. The fourth-order valence-corrected chi connectivity index (χ4v) is 2.70. The Balaban J connectivity index is 1.44. The molecule has 3 rings (SSSR count). The van der Waals surface area contributed by atoms with Gasteiger partial charge < -0.3 is 14.8 Å². The normalized spacial score (nSPS) is 10.5. The summed E-state index contributed by atoms with van der Waals surface area (Å²) in [5.74, 6) is -0.267. The lowest BCUT2D eigenvalue weighted by atomic mass is 10.1. The highest BCUT2D eigenvalue weighted by atomic mass is 16.5. The first-order valence-corrected chi connectivity index (χ1v) is 10.1. The molecule has 3 aromatic rings. The van der Waals surface area contributed by atoms with Crippen LogP contribution in [-0.2, 0) is 4.79 Å². The number of carbonyl (C=O) groups excluding carboxylic acids is 3. The molecule has 0 saturated heterocycles. The molecule has 0 aliphatic carbocycles. The fraction of sp³-hybridized carbons (Fsp3) is 0.120. The maximum atomic E-state index is 12.2. The zero-order valence-electron chi connectivity index (χ0n) is 18.2. The summed E-state index contributed by atoms with van der Waals surface area (Å²) in [6.45, 7) is 1.72. The molecule has 0 atom stereocenters. The fourth-order valence-electron chi connectivity index (χ4n) is 2.70. The average Bonchev–Trinajstić information content (AvgIpc) is 2.84. The molecule has 0 aromatic heterocycles. The van der Waals surface area contributed by atoms with Gasteiger partial charge in [-0.05, 0) is 73.2 Å². The second-order valence-corrected chi connectivity index (χ2v) is 7.03. The molecule has 33 heavy (non-hydrogen) atoms. The Hall–Kier alpha value is -4.46. The summed E-state index contributed by atoms with van der Waals surface area (Å²) in [7, 11) is 1.55. The van der Waals surface area contributed by atoms with Crippen LogP contribution < -0.4 is 20.2 Å². The average molecular weight is 445 g/mol. The number of hydrogen-bond donors (Lipinski definition) is 2. The van der Waals surface area contributed by atoms with Gasteiger partial charge in [0.2, 0.25) is 0 Å². The van der Waals surface area contributed by atoms with Gasteiger partial charge in [0.1, 0.15) is 11.5 Å². The minimum Gasteiger partial charge on any atom is -0.497 e. The zero-order valence-corrected chi connectivity index (χ0v) is 18.2. The molecule has 0 fully saturated rings. The van der Waals surface area contributed by atoms with Gasteiger partial charge in [-0.2, -0.15) is 5.10 Å². The van der Waals surface area contributed by atoms with Crippen molar-refractivity contribution in [3.8, 4) is 11.5 Å². The van der Waals surface area contributed by atoms with E-state index in [9.17, 15) is 14.4 Å². The number of amides is 2. The van der Waals surface area contributed by atoms with Crippen LogP contribution in [0.1, 0.15) is 31.8 Å². The molecule has 0 bridgehead atoms. The molecule has 0 aliphatic rings. The van der Waals surface area contributed by atoms with Crippen molar-refractivity contribution in [2.24, 2.45) is 5.10 Å². The number of rotatable bonds is 8. The molecule has 0 unspecified atom stereocenters. The molecule has 2 amide bonds.